The summed E-state index contributed by atoms with van der Waals surface area (Å²) in [7, 11) is 0. The van der Waals surface area contributed by atoms with Crippen LogP contribution in [0.25, 0.3) is 0 Å². The van der Waals surface area contributed by atoms with Crippen molar-refractivity contribution in [3.63, 3.8) is 0 Å². The van der Waals surface area contributed by atoms with Crippen LogP contribution in [0.5, 0.6) is 0 Å². The molecule has 0 saturated carbocycles. The van der Waals surface area contributed by atoms with Gasteiger partial charge >= 0.3 is 11.6 Å². The minimum absolute atomic E-state index is 0.00613. The van der Waals surface area contributed by atoms with Crippen molar-refractivity contribution < 1.29 is 13.9 Å². The van der Waals surface area contributed by atoms with Gasteiger partial charge in [0.2, 0.25) is 0 Å². The first-order chi connectivity index (χ1) is 10.0. The van der Waals surface area contributed by atoms with Crippen LogP contribution in [-0.2, 0) is 11.2 Å². The summed E-state index contributed by atoms with van der Waals surface area (Å²) < 4.78 is 10.1. The number of carbonyl (C=O) groups is 1. The number of benzene rings is 1. The zero-order valence-electron chi connectivity index (χ0n) is 12.4. The molecular formula is C17H18O4. The monoisotopic (exact) mass is 286 g/mol. The molecule has 4 heteroatoms. The molecule has 1 aromatic heterocycles. The fourth-order valence-electron chi connectivity index (χ4n) is 2.32. The molecule has 0 aliphatic rings. The van der Waals surface area contributed by atoms with E-state index in [9.17, 15) is 9.59 Å². The maximum absolute atomic E-state index is 11.9. The van der Waals surface area contributed by atoms with E-state index < -0.39 is 11.6 Å². The van der Waals surface area contributed by atoms with Gasteiger partial charge in [-0.15, -0.1) is 0 Å². The normalized spacial score (nSPS) is 10.4. The second kappa shape index (κ2) is 6.39. The lowest BCUT2D eigenvalue weighted by atomic mass is 9.97. The molecule has 0 radical (unpaired) electrons. The minimum atomic E-state index is -0.639. The summed E-state index contributed by atoms with van der Waals surface area (Å²) >= 11 is 0. The second-order valence-corrected chi connectivity index (χ2v) is 4.81. The third kappa shape index (κ3) is 3.21. The van der Waals surface area contributed by atoms with Crippen molar-refractivity contribution in [1.82, 2.24) is 0 Å². The SMILES string of the molecule is CCOC(=O)c1c(C)c(Cc2ccccc2)c(C)oc1=O. The van der Waals surface area contributed by atoms with Gasteiger partial charge in [0.05, 0.1) is 6.61 Å². The van der Waals surface area contributed by atoms with Gasteiger partial charge in [-0.3, -0.25) is 0 Å². The van der Waals surface area contributed by atoms with Gasteiger partial charge in [0.15, 0.2) is 0 Å². The number of aryl methyl sites for hydroxylation is 1. The Kier molecular flexibility index (Phi) is 4.58. The summed E-state index contributed by atoms with van der Waals surface area (Å²) in [5.41, 5.74) is 1.93. The van der Waals surface area contributed by atoms with E-state index in [2.05, 4.69) is 0 Å². The number of esters is 1. The van der Waals surface area contributed by atoms with Crippen molar-refractivity contribution in [2.24, 2.45) is 0 Å². The highest BCUT2D eigenvalue weighted by Crippen LogP contribution is 2.19. The molecular weight excluding hydrogens is 268 g/mol. The maximum atomic E-state index is 11.9. The molecule has 0 aliphatic heterocycles. The van der Waals surface area contributed by atoms with E-state index in [1.165, 1.54) is 0 Å². The first-order valence-electron chi connectivity index (χ1n) is 6.88. The molecule has 2 rings (SSSR count). The van der Waals surface area contributed by atoms with E-state index >= 15 is 0 Å². The number of hydrogen-bond acceptors (Lipinski definition) is 4. The van der Waals surface area contributed by atoms with Gasteiger partial charge in [-0.05, 0) is 37.5 Å². The third-order valence-electron chi connectivity index (χ3n) is 3.41. The Morgan fingerprint density at radius 1 is 1.19 bits per heavy atom. The highest BCUT2D eigenvalue weighted by atomic mass is 16.5. The van der Waals surface area contributed by atoms with Crippen molar-refractivity contribution in [3.8, 4) is 0 Å². The van der Waals surface area contributed by atoms with Gasteiger partial charge in [0.1, 0.15) is 11.3 Å². The lowest BCUT2D eigenvalue weighted by Crippen LogP contribution is -2.21. The molecule has 0 atom stereocenters. The summed E-state index contributed by atoms with van der Waals surface area (Å²) in [6.07, 6.45) is 0.606. The fraction of sp³-hybridized carbons (Fsp3) is 0.294. The lowest BCUT2D eigenvalue weighted by molar-refractivity contribution is 0.0519. The van der Waals surface area contributed by atoms with Crippen LogP contribution in [0.1, 0.15) is 39.7 Å². The molecule has 21 heavy (non-hydrogen) atoms. The first-order valence-corrected chi connectivity index (χ1v) is 6.88. The van der Waals surface area contributed by atoms with Gasteiger partial charge in [-0.25, -0.2) is 9.59 Å². The van der Waals surface area contributed by atoms with Gasteiger partial charge in [-0.1, -0.05) is 30.3 Å². The van der Waals surface area contributed by atoms with Crippen molar-refractivity contribution in [2.45, 2.75) is 27.2 Å². The Morgan fingerprint density at radius 2 is 1.86 bits per heavy atom. The van der Waals surface area contributed by atoms with E-state index in [1.54, 1.807) is 20.8 Å². The Labute approximate surface area is 123 Å². The topological polar surface area (TPSA) is 56.5 Å². The van der Waals surface area contributed by atoms with Gasteiger partial charge in [0.25, 0.3) is 0 Å². The van der Waals surface area contributed by atoms with E-state index in [0.717, 1.165) is 11.1 Å². The number of ether oxygens (including phenoxy) is 1. The molecule has 0 amide bonds. The Balaban J connectivity index is 2.49. The zero-order valence-corrected chi connectivity index (χ0v) is 12.4. The summed E-state index contributed by atoms with van der Waals surface area (Å²) in [5.74, 6) is -0.0903. The van der Waals surface area contributed by atoms with Crippen LogP contribution >= 0.6 is 0 Å². The molecule has 0 N–H and O–H groups in total. The minimum Gasteiger partial charge on any atom is -0.462 e. The first kappa shape index (κ1) is 15.0. The predicted molar refractivity (Wildman–Crippen MR) is 79.7 cm³/mol. The molecule has 0 aliphatic carbocycles. The maximum Gasteiger partial charge on any atom is 0.350 e. The largest absolute Gasteiger partial charge is 0.462 e. The van der Waals surface area contributed by atoms with Crippen molar-refractivity contribution in [3.05, 3.63) is 68.8 Å². The van der Waals surface area contributed by atoms with Crippen LogP contribution < -0.4 is 5.63 Å². The second-order valence-electron chi connectivity index (χ2n) is 4.81. The van der Waals surface area contributed by atoms with Crippen molar-refractivity contribution in [1.29, 1.82) is 0 Å². The van der Waals surface area contributed by atoms with Gasteiger partial charge in [0, 0.05) is 6.42 Å². The Hall–Kier alpha value is -2.36. The number of carbonyl (C=O) groups excluding carboxylic acids is 1. The summed E-state index contributed by atoms with van der Waals surface area (Å²) in [6, 6.07) is 9.83. The number of rotatable bonds is 4. The van der Waals surface area contributed by atoms with Crippen LogP contribution in [-0.4, -0.2) is 12.6 Å². The average Bonchev–Trinajstić information content (AvgIpc) is 2.44. The molecule has 4 nitrogen and oxygen atoms in total. The van der Waals surface area contributed by atoms with Crippen LogP contribution in [0.4, 0.5) is 0 Å². The summed E-state index contributed by atoms with van der Waals surface area (Å²) in [6.45, 7) is 5.42. The van der Waals surface area contributed by atoms with Crippen LogP contribution in [0.2, 0.25) is 0 Å². The highest BCUT2D eigenvalue weighted by Gasteiger charge is 2.21. The Bertz CT molecular complexity index is 699. The lowest BCUT2D eigenvalue weighted by Gasteiger charge is -2.12. The van der Waals surface area contributed by atoms with Crippen LogP contribution in [0.3, 0.4) is 0 Å². The summed E-state index contributed by atoms with van der Waals surface area (Å²) in [5, 5.41) is 0. The molecule has 0 bridgehead atoms. The van der Waals surface area contributed by atoms with Gasteiger partial charge < -0.3 is 9.15 Å². The van der Waals surface area contributed by atoms with Crippen LogP contribution in [0, 0.1) is 13.8 Å². The molecule has 110 valence electrons. The Morgan fingerprint density at radius 3 is 2.48 bits per heavy atom. The third-order valence-corrected chi connectivity index (χ3v) is 3.41. The quantitative estimate of drug-likeness (QED) is 0.811. The van der Waals surface area contributed by atoms with E-state index in [0.29, 0.717) is 17.7 Å². The standard InChI is InChI=1S/C17H18O4/c1-4-20-16(18)15-11(2)14(12(3)21-17(15)19)10-13-8-6-5-7-9-13/h5-9H,4,10H2,1-3H3. The summed E-state index contributed by atoms with van der Waals surface area (Å²) in [4.78, 5) is 23.8. The molecule has 0 unspecified atom stereocenters. The molecule has 1 heterocycles. The fourth-order valence-corrected chi connectivity index (χ4v) is 2.32. The molecule has 2 aromatic rings. The smallest absolute Gasteiger partial charge is 0.350 e. The van der Waals surface area contributed by atoms with E-state index in [1.807, 2.05) is 30.3 Å². The van der Waals surface area contributed by atoms with Crippen molar-refractivity contribution >= 4 is 5.97 Å². The van der Waals surface area contributed by atoms with Crippen LogP contribution in [0.15, 0.2) is 39.5 Å². The van der Waals surface area contributed by atoms with Crippen molar-refractivity contribution in [2.75, 3.05) is 6.61 Å². The molecule has 1 aromatic carbocycles. The van der Waals surface area contributed by atoms with E-state index in [4.69, 9.17) is 9.15 Å². The molecule has 0 fully saturated rings. The van der Waals surface area contributed by atoms with E-state index in [-0.39, 0.29) is 12.2 Å². The highest BCUT2D eigenvalue weighted by molar-refractivity contribution is 5.90. The molecule has 0 saturated heterocycles. The zero-order chi connectivity index (χ0) is 15.4. The number of hydrogen-bond donors (Lipinski definition) is 0. The molecule has 0 spiro atoms. The van der Waals surface area contributed by atoms with Gasteiger partial charge in [-0.2, -0.15) is 0 Å². The predicted octanol–water partition coefficient (Wildman–Crippen LogP) is 3.02. The average molecular weight is 286 g/mol.